The fourth-order valence-electron chi connectivity index (χ4n) is 4.26. The highest BCUT2D eigenvalue weighted by Crippen LogP contribution is 2.38. The highest BCUT2D eigenvalue weighted by molar-refractivity contribution is 7.99. The van der Waals surface area contributed by atoms with Gasteiger partial charge >= 0.3 is 5.97 Å². The molecular formula is C26H28ClFN4O4S2. The topological polar surface area (TPSA) is 95.3 Å². The number of hydrogen-bond donors (Lipinski definition) is 1. The van der Waals surface area contributed by atoms with Crippen LogP contribution in [0.5, 0.6) is 5.75 Å². The Morgan fingerprint density at radius 2 is 2.11 bits per heavy atom. The van der Waals surface area contributed by atoms with Crippen LogP contribution in [-0.2, 0) is 28.9 Å². The molecule has 1 aliphatic rings. The minimum absolute atomic E-state index is 0.0531. The van der Waals surface area contributed by atoms with Crippen molar-refractivity contribution < 1.29 is 23.5 Å². The summed E-state index contributed by atoms with van der Waals surface area (Å²) in [5.74, 6) is -0.288. The molecule has 1 N–H and O–H groups in total. The third kappa shape index (κ3) is 6.39. The number of benzene rings is 1. The van der Waals surface area contributed by atoms with Gasteiger partial charge in [-0.15, -0.1) is 28.1 Å². The van der Waals surface area contributed by atoms with Crippen molar-refractivity contribution in [1.29, 1.82) is 0 Å². The number of carbonyl (C=O) groups excluding carboxylic acids is 2. The van der Waals surface area contributed by atoms with E-state index in [0.29, 0.717) is 33.8 Å². The summed E-state index contributed by atoms with van der Waals surface area (Å²) in [6.45, 7) is 5.97. The maximum atomic E-state index is 13.4. The summed E-state index contributed by atoms with van der Waals surface area (Å²) in [5, 5.41) is 12.6. The maximum Gasteiger partial charge on any atom is 0.341 e. The number of carbonyl (C=O) groups is 2. The van der Waals surface area contributed by atoms with E-state index in [9.17, 15) is 14.0 Å². The molecule has 0 saturated carbocycles. The second-order valence-electron chi connectivity index (χ2n) is 8.67. The standard InChI is InChI=1S/C26H28ClFN4O4S2/c1-4-12-32-23(15(2)36-19-11-10-16(28)13-18(19)27)30-31-26(32)37-14-21(33)29-24-22(25(34)35-3)17-8-6-5-7-9-20(17)38-24/h4,10-11,13,15H,1,5-9,12,14H2,2-3H3,(H,29,33). The third-order valence-electron chi connectivity index (χ3n) is 6.01. The van der Waals surface area contributed by atoms with Gasteiger partial charge in [0.05, 0.1) is 23.4 Å². The number of allylic oxidation sites excluding steroid dienone is 1. The molecule has 12 heteroatoms. The molecule has 202 valence electrons. The van der Waals surface area contributed by atoms with E-state index in [1.807, 2.05) is 0 Å². The fourth-order valence-corrected chi connectivity index (χ4v) is 6.52. The fraction of sp³-hybridized carbons (Fsp3) is 0.385. The Morgan fingerprint density at radius 3 is 2.84 bits per heavy atom. The summed E-state index contributed by atoms with van der Waals surface area (Å²) in [6.07, 6.45) is 6.02. The number of nitrogens with zero attached hydrogens (tertiary/aromatic N) is 3. The first-order valence-electron chi connectivity index (χ1n) is 12.1. The van der Waals surface area contributed by atoms with Crippen molar-refractivity contribution in [3.8, 4) is 5.75 Å². The summed E-state index contributed by atoms with van der Waals surface area (Å²) in [7, 11) is 1.35. The van der Waals surface area contributed by atoms with Crippen LogP contribution in [0.3, 0.4) is 0 Å². The van der Waals surface area contributed by atoms with Gasteiger partial charge in [-0.25, -0.2) is 9.18 Å². The number of methoxy groups -OCH3 is 1. The minimum Gasteiger partial charge on any atom is -0.481 e. The minimum atomic E-state index is -0.558. The summed E-state index contributed by atoms with van der Waals surface area (Å²) < 4.78 is 26.1. The summed E-state index contributed by atoms with van der Waals surface area (Å²) in [4.78, 5) is 26.6. The van der Waals surface area contributed by atoms with Gasteiger partial charge in [0.25, 0.3) is 0 Å². The third-order valence-corrected chi connectivity index (χ3v) is 8.48. The molecule has 2 heterocycles. The lowest BCUT2D eigenvalue weighted by Crippen LogP contribution is -2.17. The van der Waals surface area contributed by atoms with Crippen molar-refractivity contribution in [3.63, 3.8) is 0 Å². The molecule has 0 fully saturated rings. The monoisotopic (exact) mass is 578 g/mol. The van der Waals surface area contributed by atoms with Crippen LogP contribution in [0.1, 0.15) is 58.9 Å². The molecule has 38 heavy (non-hydrogen) atoms. The van der Waals surface area contributed by atoms with Crippen LogP contribution in [0.4, 0.5) is 9.39 Å². The number of fused-ring (bicyclic) bond motifs is 1. The normalized spacial score (nSPS) is 13.8. The van der Waals surface area contributed by atoms with Crippen LogP contribution in [0, 0.1) is 5.82 Å². The molecule has 1 amide bonds. The van der Waals surface area contributed by atoms with E-state index in [1.54, 1.807) is 17.6 Å². The number of aromatic nitrogens is 3. The van der Waals surface area contributed by atoms with Gasteiger partial charge in [-0.05, 0) is 56.4 Å². The van der Waals surface area contributed by atoms with Crippen LogP contribution in [0.15, 0.2) is 36.0 Å². The predicted molar refractivity (Wildman–Crippen MR) is 147 cm³/mol. The molecule has 3 aromatic rings. The Kier molecular flexibility index (Phi) is 9.45. The van der Waals surface area contributed by atoms with E-state index in [1.165, 1.54) is 48.4 Å². The summed E-state index contributed by atoms with van der Waals surface area (Å²) >= 11 is 8.76. The van der Waals surface area contributed by atoms with E-state index in [2.05, 4.69) is 22.1 Å². The van der Waals surface area contributed by atoms with E-state index in [0.717, 1.165) is 42.5 Å². The molecule has 0 saturated heterocycles. The average Bonchev–Trinajstić information content (AvgIpc) is 3.36. The number of hydrogen-bond acceptors (Lipinski definition) is 8. The average molecular weight is 579 g/mol. The molecule has 2 aromatic heterocycles. The Hall–Kier alpha value is -2.89. The molecule has 0 bridgehead atoms. The molecule has 8 nitrogen and oxygen atoms in total. The number of ether oxygens (including phenoxy) is 2. The highest BCUT2D eigenvalue weighted by atomic mass is 35.5. The largest absolute Gasteiger partial charge is 0.481 e. The maximum absolute atomic E-state index is 13.4. The zero-order valence-electron chi connectivity index (χ0n) is 21.1. The molecule has 4 rings (SSSR count). The SMILES string of the molecule is C=CCn1c(SCC(=O)Nc2sc3c(c2C(=O)OC)CCCCC3)nnc1C(C)Oc1ccc(F)cc1Cl. The molecule has 1 unspecified atom stereocenters. The quantitative estimate of drug-likeness (QED) is 0.132. The van der Waals surface area contributed by atoms with Gasteiger partial charge in [0.1, 0.15) is 16.6 Å². The van der Waals surface area contributed by atoms with Gasteiger partial charge in [0, 0.05) is 11.4 Å². The van der Waals surface area contributed by atoms with Crippen molar-refractivity contribution in [2.24, 2.45) is 0 Å². The lowest BCUT2D eigenvalue weighted by Gasteiger charge is -2.16. The molecule has 1 atom stereocenters. The van der Waals surface area contributed by atoms with Crippen molar-refractivity contribution in [2.75, 3.05) is 18.2 Å². The molecular weight excluding hydrogens is 551 g/mol. The van der Waals surface area contributed by atoms with Gasteiger partial charge in [0.2, 0.25) is 5.91 Å². The number of rotatable bonds is 10. The van der Waals surface area contributed by atoms with Crippen molar-refractivity contribution in [2.45, 2.75) is 56.8 Å². The zero-order valence-corrected chi connectivity index (χ0v) is 23.5. The van der Waals surface area contributed by atoms with Gasteiger partial charge in [-0.3, -0.25) is 9.36 Å². The molecule has 1 aliphatic carbocycles. The number of halogens is 2. The Labute approximate surface area is 233 Å². The number of thioether (sulfide) groups is 1. The smallest absolute Gasteiger partial charge is 0.341 e. The number of aryl methyl sites for hydroxylation is 1. The Morgan fingerprint density at radius 1 is 1.32 bits per heavy atom. The number of nitrogens with one attached hydrogen (secondary N) is 1. The van der Waals surface area contributed by atoms with Gasteiger partial charge in [-0.2, -0.15) is 0 Å². The van der Waals surface area contributed by atoms with Crippen LogP contribution < -0.4 is 10.1 Å². The first-order chi connectivity index (χ1) is 18.3. The van der Waals surface area contributed by atoms with Crippen LogP contribution in [-0.4, -0.2) is 39.5 Å². The molecule has 0 radical (unpaired) electrons. The van der Waals surface area contributed by atoms with Crippen LogP contribution >= 0.6 is 34.7 Å². The lowest BCUT2D eigenvalue weighted by molar-refractivity contribution is -0.113. The highest BCUT2D eigenvalue weighted by Gasteiger charge is 2.27. The van der Waals surface area contributed by atoms with E-state index in [-0.39, 0.29) is 16.7 Å². The molecule has 1 aromatic carbocycles. The molecule has 0 spiro atoms. The number of thiophene rings is 1. The first-order valence-corrected chi connectivity index (χ1v) is 14.3. The second-order valence-corrected chi connectivity index (χ2v) is 11.1. The Balaban J connectivity index is 1.47. The van der Waals surface area contributed by atoms with Crippen molar-refractivity contribution >= 4 is 51.6 Å². The first kappa shape index (κ1) is 28.1. The van der Waals surface area contributed by atoms with E-state index in [4.69, 9.17) is 21.1 Å². The van der Waals surface area contributed by atoms with Crippen molar-refractivity contribution in [1.82, 2.24) is 14.8 Å². The van der Waals surface area contributed by atoms with Gasteiger partial charge in [0.15, 0.2) is 17.1 Å². The number of esters is 1. The number of amides is 1. The zero-order chi connectivity index (χ0) is 27.2. The molecule has 0 aliphatic heterocycles. The van der Waals surface area contributed by atoms with Crippen LogP contribution in [0.2, 0.25) is 5.02 Å². The Bertz CT molecular complexity index is 1340. The van der Waals surface area contributed by atoms with Crippen molar-refractivity contribution in [3.05, 3.63) is 63.5 Å². The summed E-state index contributed by atoms with van der Waals surface area (Å²) in [6, 6.07) is 3.89. The lowest BCUT2D eigenvalue weighted by atomic mass is 10.1. The van der Waals surface area contributed by atoms with Crippen LogP contribution in [0.25, 0.3) is 0 Å². The van der Waals surface area contributed by atoms with Gasteiger partial charge < -0.3 is 14.8 Å². The summed E-state index contributed by atoms with van der Waals surface area (Å²) in [5.41, 5.74) is 1.46. The second kappa shape index (κ2) is 12.8. The van der Waals surface area contributed by atoms with E-state index >= 15 is 0 Å². The van der Waals surface area contributed by atoms with Gasteiger partial charge in [-0.1, -0.05) is 35.9 Å². The number of anilines is 1. The van der Waals surface area contributed by atoms with E-state index < -0.39 is 17.9 Å². The predicted octanol–water partition coefficient (Wildman–Crippen LogP) is 6.24.